The number of benzene rings is 2. The second-order valence-electron chi connectivity index (χ2n) is 7.04. The summed E-state index contributed by atoms with van der Waals surface area (Å²) in [5.74, 6) is 0.382. The zero-order chi connectivity index (χ0) is 22.7. The van der Waals surface area contributed by atoms with Gasteiger partial charge < -0.3 is 4.74 Å². The summed E-state index contributed by atoms with van der Waals surface area (Å²) in [5, 5.41) is 10.4. The van der Waals surface area contributed by atoms with Crippen molar-refractivity contribution in [3.63, 3.8) is 0 Å². The van der Waals surface area contributed by atoms with Gasteiger partial charge in [-0.15, -0.1) is 0 Å². The lowest BCUT2D eigenvalue weighted by Gasteiger charge is -2.12. The molecule has 1 saturated heterocycles. The largest absolute Gasteiger partial charge is 0.439 e. The molecule has 1 fully saturated rings. The normalized spacial score (nSPS) is 14.8. The molecular formula is C23H17N3O5S. The molecule has 0 saturated carbocycles. The summed E-state index contributed by atoms with van der Waals surface area (Å²) in [6.45, 7) is 2.21. The number of nitro groups is 1. The fourth-order valence-electron chi connectivity index (χ4n) is 2.96. The maximum absolute atomic E-state index is 12.7. The van der Waals surface area contributed by atoms with Gasteiger partial charge in [-0.05, 0) is 48.0 Å². The summed E-state index contributed by atoms with van der Waals surface area (Å²) in [7, 11) is 0. The second-order valence-corrected chi connectivity index (χ2v) is 8.03. The predicted octanol–water partition coefficient (Wildman–Crippen LogP) is 5.33. The van der Waals surface area contributed by atoms with Gasteiger partial charge in [0.1, 0.15) is 11.9 Å². The molecular weight excluding hydrogens is 430 g/mol. The number of imide groups is 1. The predicted molar refractivity (Wildman–Crippen MR) is 120 cm³/mol. The molecule has 0 radical (unpaired) electrons. The van der Waals surface area contributed by atoms with Crippen LogP contribution in [0.2, 0.25) is 0 Å². The summed E-state index contributed by atoms with van der Waals surface area (Å²) in [5.41, 5.74) is 2.61. The van der Waals surface area contributed by atoms with E-state index in [2.05, 4.69) is 4.98 Å². The van der Waals surface area contributed by atoms with Crippen LogP contribution in [0, 0.1) is 17.0 Å². The molecule has 1 aromatic heterocycles. The first-order chi connectivity index (χ1) is 15.4. The molecule has 0 atom stereocenters. The Bertz CT molecular complexity index is 1210. The van der Waals surface area contributed by atoms with Crippen LogP contribution in [0.15, 0.2) is 71.8 Å². The average molecular weight is 447 g/mol. The molecule has 1 aliphatic heterocycles. The lowest BCUT2D eigenvalue weighted by Crippen LogP contribution is -2.27. The van der Waals surface area contributed by atoms with Crippen molar-refractivity contribution in [2.75, 3.05) is 0 Å². The van der Waals surface area contributed by atoms with Crippen LogP contribution in [-0.2, 0) is 11.3 Å². The lowest BCUT2D eigenvalue weighted by atomic mass is 10.1. The third-order valence-corrected chi connectivity index (χ3v) is 5.57. The van der Waals surface area contributed by atoms with Crippen LogP contribution in [0.4, 0.5) is 10.5 Å². The number of amides is 2. The molecule has 1 aliphatic rings. The minimum absolute atomic E-state index is 0.121. The van der Waals surface area contributed by atoms with Crippen LogP contribution >= 0.6 is 11.8 Å². The SMILES string of the molecule is Cc1ccc(CN2C(=O)S/C(=C\c3ccc(Oc4ccc([N+](=O)[O-])cn4)cc3)C2=O)cc1. The first-order valence-corrected chi connectivity index (χ1v) is 10.4. The van der Waals surface area contributed by atoms with Crippen LogP contribution in [0.25, 0.3) is 6.08 Å². The van der Waals surface area contributed by atoms with E-state index in [1.165, 1.54) is 17.0 Å². The Kier molecular flexibility index (Phi) is 6.00. The molecule has 4 rings (SSSR count). The summed E-state index contributed by atoms with van der Waals surface area (Å²) < 4.78 is 5.58. The molecule has 160 valence electrons. The molecule has 0 bridgehead atoms. The van der Waals surface area contributed by atoms with Gasteiger partial charge in [0.2, 0.25) is 5.88 Å². The molecule has 0 aliphatic carbocycles. The van der Waals surface area contributed by atoms with Crippen molar-refractivity contribution in [2.24, 2.45) is 0 Å². The molecule has 3 aromatic rings. The quantitative estimate of drug-likeness (QED) is 0.286. The van der Waals surface area contributed by atoms with Gasteiger partial charge in [-0.2, -0.15) is 0 Å². The molecule has 0 unspecified atom stereocenters. The van der Waals surface area contributed by atoms with Crippen LogP contribution in [0.5, 0.6) is 11.6 Å². The van der Waals surface area contributed by atoms with E-state index in [0.29, 0.717) is 10.7 Å². The van der Waals surface area contributed by atoms with Crippen molar-refractivity contribution < 1.29 is 19.2 Å². The Labute approximate surface area is 187 Å². The Morgan fingerprint density at radius 3 is 2.41 bits per heavy atom. The number of aromatic nitrogens is 1. The van der Waals surface area contributed by atoms with E-state index < -0.39 is 4.92 Å². The van der Waals surface area contributed by atoms with Gasteiger partial charge in [-0.1, -0.05) is 42.0 Å². The Balaban J connectivity index is 1.43. The smallest absolute Gasteiger partial charge is 0.293 e. The second kappa shape index (κ2) is 9.03. The van der Waals surface area contributed by atoms with Gasteiger partial charge >= 0.3 is 0 Å². The van der Waals surface area contributed by atoms with Crippen LogP contribution in [-0.4, -0.2) is 26.0 Å². The highest BCUT2D eigenvalue weighted by Crippen LogP contribution is 2.33. The number of carbonyl (C=O) groups excluding carboxylic acids is 2. The first-order valence-electron chi connectivity index (χ1n) is 9.58. The van der Waals surface area contributed by atoms with E-state index in [1.807, 2.05) is 31.2 Å². The van der Waals surface area contributed by atoms with Crippen LogP contribution < -0.4 is 4.74 Å². The Morgan fingerprint density at radius 1 is 1.06 bits per heavy atom. The van der Waals surface area contributed by atoms with Gasteiger partial charge in [0, 0.05) is 12.1 Å². The van der Waals surface area contributed by atoms with Gasteiger partial charge in [-0.25, -0.2) is 4.98 Å². The van der Waals surface area contributed by atoms with Gasteiger partial charge in [0.25, 0.3) is 16.8 Å². The zero-order valence-electron chi connectivity index (χ0n) is 16.9. The number of hydrogen-bond donors (Lipinski definition) is 0. The van der Waals surface area contributed by atoms with Gasteiger partial charge in [0.15, 0.2) is 0 Å². The highest BCUT2D eigenvalue weighted by Gasteiger charge is 2.34. The molecule has 8 nitrogen and oxygen atoms in total. The summed E-state index contributed by atoms with van der Waals surface area (Å²) in [6, 6.07) is 17.3. The van der Waals surface area contributed by atoms with Crippen molar-refractivity contribution >= 4 is 34.7 Å². The minimum Gasteiger partial charge on any atom is -0.439 e. The van der Waals surface area contributed by atoms with E-state index >= 15 is 0 Å². The standard InChI is InChI=1S/C23H17N3O5S/c1-15-2-4-17(5-3-15)14-25-22(27)20(32-23(25)28)12-16-6-9-19(10-7-16)31-21-11-8-18(13-24-21)26(29)30/h2-13H,14H2,1H3/b20-12-. The minimum atomic E-state index is -0.534. The van der Waals surface area contributed by atoms with Crippen molar-refractivity contribution in [1.29, 1.82) is 0 Å². The fourth-order valence-corrected chi connectivity index (χ4v) is 3.80. The maximum atomic E-state index is 12.7. The number of nitrogens with zero attached hydrogens (tertiary/aromatic N) is 3. The summed E-state index contributed by atoms with van der Waals surface area (Å²) in [6.07, 6.45) is 2.78. The molecule has 9 heteroatoms. The number of pyridine rings is 1. The van der Waals surface area contributed by atoms with Crippen molar-refractivity contribution in [1.82, 2.24) is 9.88 Å². The van der Waals surface area contributed by atoms with Gasteiger partial charge in [-0.3, -0.25) is 24.6 Å². The molecule has 2 amide bonds. The highest BCUT2D eigenvalue weighted by molar-refractivity contribution is 8.18. The number of ether oxygens (including phenoxy) is 1. The molecule has 2 heterocycles. The third kappa shape index (κ3) is 4.84. The summed E-state index contributed by atoms with van der Waals surface area (Å²) >= 11 is 0.912. The van der Waals surface area contributed by atoms with E-state index in [1.54, 1.807) is 30.3 Å². The number of carbonyl (C=O) groups is 2. The topological polar surface area (TPSA) is 103 Å². The Hall–Kier alpha value is -3.98. The van der Waals surface area contributed by atoms with Crippen LogP contribution in [0.3, 0.4) is 0 Å². The maximum Gasteiger partial charge on any atom is 0.293 e. The van der Waals surface area contributed by atoms with Crippen molar-refractivity contribution in [2.45, 2.75) is 13.5 Å². The molecule has 0 N–H and O–H groups in total. The molecule has 2 aromatic carbocycles. The van der Waals surface area contributed by atoms with E-state index in [0.717, 1.165) is 34.6 Å². The molecule has 32 heavy (non-hydrogen) atoms. The molecule has 0 spiro atoms. The number of aryl methyl sites for hydroxylation is 1. The average Bonchev–Trinajstić information content (AvgIpc) is 3.04. The van der Waals surface area contributed by atoms with E-state index in [4.69, 9.17) is 4.74 Å². The van der Waals surface area contributed by atoms with Crippen LogP contribution in [0.1, 0.15) is 16.7 Å². The van der Waals surface area contributed by atoms with Crippen molar-refractivity contribution in [3.8, 4) is 11.6 Å². The van der Waals surface area contributed by atoms with Crippen molar-refractivity contribution in [3.05, 3.63) is 98.6 Å². The highest BCUT2D eigenvalue weighted by atomic mass is 32.2. The number of hydrogen-bond acceptors (Lipinski definition) is 7. The third-order valence-electron chi connectivity index (χ3n) is 4.67. The van der Waals surface area contributed by atoms with E-state index in [9.17, 15) is 19.7 Å². The number of thioether (sulfide) groups is 1. The summed E-state index contributed by atoms with van der Waals surface area (Å²) in [4.78, 5) is 40.7. The zero-order valence-corrected chi connectivity index (χ0v) is 17.7. The monoisotopic (exact) mass is 447 g/mol. The fraction of sp³-hybridized carbons (Fsp3) is 0.0870. The van der Waals surface area contributed by atoms with Gasteiger partial charge in [0.05, 0.1) is 16.4 Å². The van der Waals surface area contributed by atoms with E-state index in [-0.39, 0.29) is 29.3 Å². The first kappa shape index (κ1) is 21.3. The Morgan fingerprint density at radius 2 is 1.78 bits per heavy atom. The lowest BCUT2D eigenvalue weighted by molar-refractivity contribution is -0.385. The number of rotatable bonds is 6.